The van der Waals surface area contributed by atoms with Crippen LogP contribution in [0.1, 0.15) is 22.8 Å². The van der Waals surface area contributed by atoms with Crippen LogP contribution in [0.5, 0.6) is 0 Å². The lowest BCUT2D eigenvalue weighted by Gasteiger charge is -2.28. The molecular formula is C25H26N6O2. The van der Waals surface area contributed by atoms with Gasteiger partial charge in [-0.05, 0) is 30.7 Å². The highest BCUT2D eigenvalue weighted by Crippen LogP contribution is 2.25. The van der Waals surface area contributed by atoms with Crippen LogP contribution in [-0.4, -0.2) is 52.0 Å². The summed E-state index contributed by atoms with van der Waals surface area (Å²) in [5.74, 6) is 0.756. The standard InChI is InChI=1S/C25H26N6O2/c1-2-31-24-21(17-28-31)20(15-22(29-24)19-6-4-3-5-7-19)25(32)27-16-18-8-9-26-23(14-18)30-10-12-33-13-11-30/h3-9,14-15,17H,2,10-13,16H2,1H3,(H,27,32). The number of ether oxygens (including phenoxy) is 1. The van der Waals surface area contributed by atoms with Crippen LogP contribution < -0.4 is 10.2 Å². The van der Waals surface area contributed by atoms with Crippen molar-refractivity contribution in [3.8, 4) is 11.3 Å². The predicted molar refractivity (Wildman–Crippen MR) is 127 cm³/mol. The third-order valence-electron chi connectivity index (χ3n) is 5.82. The zero-order chi connectivity index (χ0) is 22.6. The van der Waals surface area contributed by atoms with E-state index in [0.717, 1.165) is 41.1 Å². The van der Waals surface area contributed by atoms with Crippen LogP contribution in [0, 0.1) is 0 Å². The van der Waals surface area contributed by atoms with Crippen LogP contribution >= 0.6 is 0 Å². The topological polar surface area (TPSA) is 85.2 Å². The molecular weight excluding hydrogens is 416 g/mol. The minimum atomic E-state index is -0.153. The molecule has 8 nitrogen and oxygen atoms in total. The van der Waals surface area contributed by atoms with Crippen LogP contribution in [0.25, 0.3) is 22.3 Å². The van der Waals surface area contributed by atoms with Crippen LogP contribution in [0.2, 0.25) is 0 Å². The van der Waals surface area contributed by atoms with E-state index >= 15 is 0 Å². The summed E-state index contributed by atoms with van der Waals surface area (Å²) in [6, 6.07) is 15.7. The highest BCUT2D eigenvalue weighted by Gasteiger charge is 2.18. The predicted octanol–water partition coefficient (Wildman–Crippen LogP) is 3.28. The SMILES string of the molecule is CCn1ncc2c(C(=O)NCc3ccnc(N4CCOCC4)c3)cc(-c3ccccc3)nc21. The number of pyridine rings is 2. The van der Waals surface area contributed by atoms with Gasteiger partial charge in [0, 0.05) is 37.9 Å². The number of anilines is 1. The Bertz CT molecular complexity index is 1260. The van der Waals surface area contributed by atoms with Crippen LogP contribution in [-0.2, 0) is 17.8 Å². The number of aryl methyl sites for hydroxylation is 1. The second-order valence-electron chi connectivity index (χ2n) is 7.92. The summed E-state index contributed by atoms with van der Waals surface area (Å²) < 4.78 is 7.24. The Morgan fingerprint density at radius 3 is 2.73 bits per heavy atom. The van der Waals surface area contributed by atoms with Crippen molar-refractivity contribution in [1.29, 1.82) is 0 Å². The number of amides is 1. The molecule has 0 spiro atoms. The van der Waals surface area contributed by atoms with Gasteiger partial charge in [0.15, 0.2) is 5.65 Å². The first-order valence-electron chi connectivity index (χ1n) is 11.2. The van der Waals surface area contributed by atoms with E-state index in [9.17, 15) is 4.79 Å². The number of nitrogens with one attached hydrogen (secondary N) is 1. The molecule has 8 heteroatoms. The van der Waals surface area contributed by atoms with Crippen molar-refractivity contribution in [1.82, 2.24) is 25.1 Å². The van der Waals surface area contributed by atoms with E-state index in [1.807, 2.05) is 60.1 Å². The lowest BCUT2D eigenvalue weighted by molar-refractivity contribution is 0.0952. The second-order valence-corrected chi connectivity index (χ2v) is 7.92. The normalized spacial score (nSPS) is 13.9. The van der Waals surface area contributed by atoms with Gasteiger partial charge in [0.1, 0.15) is 5.82 Å². The Morgan fingerprint density at radius 1 is 1.12 bits per heavy atom. The van der Waals surface area contributed by atoms with Crippen molar-refractivity contribution >= 4 is 22.8 Å². The van der Waals surface area contributed by atoms with Gasteiger partial charge >= 0.3 is 0 Å². The van der Waals surface area contributed by atoms with Gasteiger partial charge in [-0.15, -0.1) is 0 Å². The Labute approximate surface area is 192 Å². The molecule has 3 aromatic heterocycles. The van der Waals surface area contributed by atoms with Gasteiger partial charge in [0.2, 0.25) is 0 Å². The molecule has 1 amide bonds. The van der Waals surface area contributed by atoms with E-state index in [1.54, 1.807) is 12.4 Å². The zero-order valence-corrected chi connectivity index (χ0v) is 18.6. The number of aromatic nitrogens is 4. The number of benzene rings is 1. The number of rotatable bonds is 6. The Hall–Kier alpha value is -3.78. The molecule has 1 N–H and O–H groups in total. The molecule has 0 saturated carbocycles. The Kier molecular flexibility index (Phi) is 5.99. The fourth-order valence-corrected chi connectivity index (χ4v) is 4.04. The molecule has 0 unspecified atom stereocenters. The molecule has 1 saturated heterocycles. The summed E-state index contributed by atoms with van der Waals surface area (Å²) >= 11 is 0. The Balaban J connectivity index is 1.41. The molecule has 0 bridgehead atoms. The van der Waals surface area contributed by atoms with Gasteiger partial charge in [0.05, 0.1) is 36.1 Å². The maximum atomic E-state index is 13.3. The lowest BCUT2D eigenvalue weighted by atomic mass is 10.1. The van der Waals surface area contributed by atoms with Crippen LogP contribution in [0.3, 0.4) is 0 Å². The van der Waals surface area contributed by atoms with Gasteiger partial charge in [-0.2, -0.15) is 5.10 Å². The fourth-order valence-electron chi connectivity index (χ4n) is 4.04. The maximum absolute atomic E-state index is 13.3. The first-order chi connectivity index (χ1) is 16.2. The molecule has 5 rings (SSSR count). The fraction of sp³-hybridized carbons (Fsp3) is 0.280. The van der Waals surface area contributed by atoms with E-state index in [0.29, 0.717) is 37.5 Å². The molecule has 0 atom stereocenters. The average Bonchev–Trinajstić information content (AvgIpc) is 3.31. The van der Waals surface area contributed by atoms with E-state index in [1.165, 1.54) is 0 Å². The van der Waals surface area contributed by atoms with Crippen molar-refractivity contribution in [2.75, 3.05) is 31.2 Å². The van der Waals surface area contributed by atoms with Gasteiger partial charge in [-0.1, -0.05) is 30.3 Å². The summed E-state index contributed by atoms with van der Waals surface area (Å²) in [6.45, 7) is 6.15. The van der Waals surface area contributed by atoms with Gasteiger partial charge in [0.25, 0.3) is 5.91 Å². The van der Waals surface area contributed by atoms with Crippen molar-refractivity contribution in [2.45, 2.75) is 20.0 Å². The van der Waals surface area contributed by atoms with Crippen molar-refractivity contribution in [3.63, 3.8) is 0 Å². The first kappa shape index (κ1) is 21.1. The third-order valence-corrected chi connectivity index (χ3v) is 5.82. The number of morpholine rings is 1. The molecule has 1 fully saturated rings. The molecule has 0 radical (unpaired) electrons. The van der Waals surface area contributed by atoms with Gasteiger partial charge < -0.3 is 15.0 Å². The van der Waals surface area contributed by atoms with Gasteiger partial charge in [-0.25, -0.2) is 14.6 Å². The summed E-state index contributed by atoms with van der Waals surface area (Å²) in [5.41, 5.74) is 3.99. The summed E-state index contributed by atoms with van der Waals surface area (Å²) in [6.07, 6.45) is 3.51. The van der Waals surface area contributed by atoms with Crippen molar-refractivity contribution in [2.24, 2.45) is 0 Å². The number of hydrogen-bond donors (Lipinski definition) is 1. The van der Waals surface area contributed by atoms with E-state index in [-0.39, 0.29) is 5.91 Å². The number of carbonyl (C=O) groups excluding carboxylic acids is 1. The maximum Gasteiger partial charge on any atom is 0.252 e. The van der Waals surface area contributed by atoms with Gasteiger partial charge in [-0.3, -0.25) is 4.79 Å². The number of hydrogen-bond acceptors (Lipinski definition) is 6. The molecule has 1 aromatic carbocycles. The van der Waals surface area contributed by atoms with Crippen LogP contribution in [0.15, 0.2) is 60.9 Å². The molecule has 1 aliphatic rings. The highest BCUT2D eigenvalue weighted by atomic mass is 16.5. The number of nitrogens with zero attached hydrogens (tertiary/aromatic N) is 5. The smallest absolute Gasteiger partial charge is 0.252 e. The Morgan fingerprint density at radius 2 is 1.94 bits per heavy atom. The summed E-state index contributed by atoms with van der Waals surface area (Å²) in [5, 5.41) is 8.24. The monoisotopic (exact) mass is 442 g/mol. The third kappa shape index (κ3) is 4.42. The quantitative estimate of drug-likeness (QED) is 0.493. The first-order valence-corrected chi connectivity index (χ1v) is 11.2. The average molecular weight is 443 g/mol. The second kappa shape index (κ2) is 9.38. The zero-order valence-electron chi connectivity index (χ0n) is 18.6. The minimum Gasteiger partial charge on any atom is -0.378 e. The largest absolute Gasteiger partial charge is 0.378 e. The molecule has 168 valence electrons. The molecule has 0 aliphatic carbocycles. The van der Waals surface area contributed by atoms with Crippen molar-refractivity contribution in [3.05, 3.63) is 72.1 Å². The van der Waals surface area contributed by atoms with Crippen LogP contribution in [0.4, 0.5) is 5.82 Å². The molecule has 4 aromatic rings. The molecule has 33 heavy (non-hydrogen) atoms. The lowest BCUT2D eigenvalue weighted by Crippen LogP contribution is -2.36. The van der Waals surface area contributed by atoms with E-state index < -0.39 is 0 Å². The van der Waals surface area contributed by atoms with E-state index in [2.05, 4.69) is 20.3 Å². The summed E-state index contributed by atoms with van der Waals surface area (Å²) in [4.78, 5) is 24.8. The van der Waals surface area contributed by atoms with E-state index in [4.69, 9.17) is 9.72 Å². The van der Waals surface area contributed by atoms with Crippen molar-refractivity contribution < 1.29 is 9.53 Å². The molecule has 1 aliphatic heterocycles. The summed E-state index contributed by atoms with van der Waals surface area (Å²) in [7, 11) is 0. The number of carbonyl (C=O) groups is 1. The highest BCUT2D eigenvalue weighted by molar-refractivity contribution is 6.06. The number of fused-ring (bicyclic) bond motifs is 1. The molecule has 4 heterocycles. The minimum absolute atomic E-state index is 0.153.